The van der Waals surface area contributed by atoms with Crippen LogP contribution in [0.3, 0.4) is 0 Å². The lowest BCUT2D eigenvalue weighted by atomic mass is 10.1. The maximum Gasteiger partial charge on any atom is 0.253 e. The second-order valence-corrected chi connectivity index (χ2v) is 4.27. The first-order chi connectivity index (χ1) is 7.00. The van der Waals surface area contributed by atoms with Gasteiger partial charge in [-0.1, -0.05) is 25.4 Å². The summed E-state index contributed by atoms with van der Waals surface area (Å²) < 4.78 is 0. The SMILES string of the molecule is CC(C)CNC(=O)c1cc(Cl)ccc1N. The van der Waals surface area contributed by atoms with Crippen molar-refractivity contribution < 1.29 is 4.79 Å². The molecule has 82 valence electrons. The summed E-state index contributed by atoms with van der Waals surface area (Å²) in [5.41, 5.74) is 6.56. The Morgan fingerprint density at radius 1 is 1.53 bits per heavy atom. The van der Waals surface area contributed by atoms with Gasteiger partial charge in [-0.05, 0) is 24.1 Å². The maximum absolute atomic E-state index is 11.7. The maximum atomic E-state index is 11.7. The third-order valence-electron chi connectivity index (χ3n) is 1.93. The molecule has 0 aromatic heterocycles. The van der Waals surface area contributed by atoms with E-state index >= 15 is 0 Å². The van der Waals surface area contributed by atoms with Crippen molar-refractivity contribution in [1.82, 2.24) is 5.32 Å². The van der Waals surface area contributed by atoms with Crippen LogP contribution in [0.25, 0.3) is 0 Å². The van der Waals surface area contributed by atoms with E-state index in [1.807, 2.05) is 13.8 Å². The average Bonchev–Trinajstić information content (AvgIpc) is 2.18. The van der Waals surface area contributed by atoms with Crippen molar-refractivity contribution in [2.45, 2.75) is 13.8 Å². The Morgan fingerprint density at radius 3 is 2.80 bits per heavy atom. The topological polar surface area (TPSA) is 55.1 Å². The molecule has 0 saturated carbocycles. The minimum atomic E-state index is -0.177. The summed E-state index contributed by atoms with van der Waals surface area (Å²) in [6.45, 7) is 4.69. The Bertz CT molecular complexity index is 364. The van der Waals surface area contributed by atoms with Crippen LogP contribution in [0.15, 0.2) is 18.2 Å². The van der Waals surface area contributed by atoms with Crippen molar-refractivity contribution >= 4 is 23.2 Å². The van der Waals surface area contributed by atoms with Crippen LogP contribution in [-0.2, 0) is 0 Å². The summed E-state index contributed by atoms with van der Waals surface area (Å²) in [6.07, 6.45) is 0. The van der Waals surface area contributed by atoms with Crippen LogP contribution in [0.5, 0.6) is 0 Å². The van der Waals surface area contributed by atoms with Crippen molar-refractivity contribution in [2.75, 3.05) is 12.3 Å². The van der Waals surface area contributed by atoms with E-state index < -0.39 is 0 Å². The summed E-state index contributed by atoms with van der Waals surface area (Å²) in [4.78, 5) is 11.7. The summed E-state index contributed by atoms with van der Waals surface area (Å²) in [7, 11) is 0. The molecule has 0 spiro atoms. The first-order valence-electron chi connectivity index (χ1n) is 4.84. The van der Waals surface area contributed by atoms with Gasteiger partial charge < -0.3 is 11.1 Å². The lowest BCUT2D eigenvalue weighted by Gasteiger charge is -2.09. The van der Waals surface area contributed by atoms with E-state index in [2.05, 4.69) is 5.32 Å². The van der Waals surface area contributed by atoms with Gasteiger partial charge in [0.05, 0.1) is 5.56 Å². The summed E-state index contributed by atoms with van der Waals surface area (Å²) in [5, 5.41) is 3.30. The van der Waals surface area contributed by atoms with Crippen LogP contribution in [0.1, 0.15) is 24.2 Å². The lowest BCUT2D eigenvalue weighted by Crippen LogP contribution is -2.27. The Labute approximate surface area is 94.6 Å². The van der Waals surface area contributed by atoms with Crippen LogP contribution < -0.4 is 11.1 Å². The molecule has 1 aromatic carbocycles. The third kappa shape index (κ3) is 3.44. The van der Waals surface area contributed by atoms with Crippen molar-refractivity contribution in [1.29, 1.82) is 0 Å². The zero-order chi connectivity index (χ0) is 11.4. The van der Waals surface area contributed by atoms with Crippen molar-refractivity contribution in [2.24, 2.45) is 5.92 Å². The smallest absolute Gasteiger partial charge is 0.253 e. The molecule has 1 rings (SSSR count). The van der Waals surface area contributed by atoms with Crippen LogP contribution >= 0.6 is 11.6 Å². The Kier molecular flexibility index (Phi) is 3.97. The zero-order valence-electron chi connectivity index (χ0n) is 8.88. The van der Waals surface area contributed by atoms with Crippen LogP contribution in [0.2, 0.25) is 5.02 Å². The molecule has 0 aliphatic heterocycles. The van der Waals surface area contributed by atoms with Gasteiger partial charge in [-0.3, -0.25) is 4.79 Å². The molecule has 3 N–H and O–H groups in total. The van der Waals surface area contributed by atoms with Gasteiger partial charge in [-0.15, -0.1) is 0 Å². The predicted molar refractivity (Wildman–Crippen MR) is 63.0 cm³/mol. The number of benzene rings is 1. The molecular formula is C11H15ClN2O. The summed E-state index contributed by atoms with van der Waals surface area (Å²) in [6, 6.07) is 4.87. The van der Waals surface area contributed by atoms with Crippen molar-refractivity contribution in [3.63, 3.8) is 0 Å². The molecule has 4 heteroatoms. The lowest BCUT2D eigenvalue weighted by molar-refractivity contribution is 0.0950. The molecule has 0 fully saturated rings. The molecule has 1 aromatic rings. The first-order valence-corrected chi connectivity index (χ1v) is 5.21. The number of nitrogens with one attached hydrogen (secondary N) is 1. The van der Waals surface area contributed by atoms with Crippen molar-refractivity contribution in [3.8, 4) is 0 Å². The molecular weight excluding hydrogens is 212 g/mol. The highest BCUT2D eigenvalue weighted by atomic mass is 35.5. The van der Waals surface area contributed by atoms with Crippen LogP contribution in [0, 0.1) is 5.92 Å². The number of halogens is 1. The fourth-order valence-corrected chi connectivity index (χ4v) is 1.29. The van der Waals surface area contributed by atoms with E-state index in [-0.39, 0.29) is 5.91 Å². The van der Waals surface area contributed by atoms with Gasteiger partial charge in [-0.25, -0.2) is 0 Å². The minimum Gasteiger partial charge on any atom is -0.398 e. The number of carbonyl (C=O) groups excluding carboxylic acids is 1. The number of nitrogen functional groups attached to an aromatic ring is 1. The molecule has 0 heterocycles. The number of anilines is 1. The Balaban J connectivity index is 2.77. The summed E-state index contributed by atoms with van der Waals surface area (Å²) in [5.74, 6) is 0.234. The quantitative estimate of drug-likeness (QED) is 0.778. The van der Waals surface area contributed by atoms with Crippen LogP contribution in [0.4, 0.5) is 5.69 Å². The number of hydrogen-bond acceptors (Lipinski definition) is 2. The van der Waals surface area contributed by atoms with Crippen molar-refractivity contribution in [3.05, 3.63) is 28.8 Å². The Hall–Kier alpha value is -1.22. The standard InChI is InChI=1S/C11H15ClN2O/c1-7(2)6-14-11(15)9-5-8(12)3-4-10(9)13/h3-5,7H,6,13H2,1-2H3,(H,14,15). The second kappa shape index (κ2) is 5.03. The van der Waals surface area contributed by atoms with Crippen LogP contribution in [-0.4, -0.2) is 12.5 Å². The van der Waals surface area contributed by atoms with E-state index in [0.29, 0.717) is 28.7 Å². The number of amides is 1. The zero-order valence-corrected chi connectivity index (χ0v) is 9.64. The normalized spacial score (nSPS) is 10.4. The van der Waals surface area contributed by atoms with Gasteiger partial charge >= 0.3 is 0 Å². The monoisotopic (exact) mass is 226 g/mol. The van der Waals surface area contributed by atoms with E-state index in [4.69, 9.17) is 17.3 Å². The van der Waals surface area contributed by atoms with Gasteiger partial charge in [0.15, 0.2) is 0 Å². The van der Waals surface area contributed by atoms with Gasteiger partial charge in [0.2, 0.25) is 0 Å². The molecule has 0 unspecified atom stereocenters. The Morgan fingerprint density at radius 2 is 2.20 bits per heavy atom. The fourth-order valence-electron chi connectivity index (χ4n) is 1.12. The van der Waals surface area contributed by atoms with Gasteiger partial charge in [0.25, 0.3) is 5.91 Å². The minimum absolute atomic E-state index is 0.177. The van der Waals surface area contributed by atoms with E-state index in [9.17, 15) is 4.79 Å². The molecule has 0 aliphatic rings. The third-order valence-corrected chi connectivity index (χ3v) is 2.17. The number of carbonyl (C=O) groups is 1. The molecule has 0 bridgehead atoms. The fraction of sp³-hybridized carbons (Fsp3) is 0.364. The molecule has 1 amide bonds. The molecule has 0 atom stereocenters. The second-order valence-electron chi connectivity index (χ2n) is 3.84. The molecule has 0 radical (unpaired) electrons. The number of rotatable bonds is 3. The molecule has 0 aliphatic carbocycles. The van der Waals surface area contributed by atoms with Gasteiger partial charge in [-0.2, -0.15) is 0 Å². The van der Waals surface area contributed by atoms with E-state index in [1.165, 1.54) is 0 Å². The highest BCUT2D eigenvalue weighted by Gasteiger charge is 2.09. The summed E-state index contributed by atoms with van der Waals surface area (Å²) >= 11 is 5.79. The molecule has 15 heavy (non-hydrogen) atoms. The number of hydrogen-bond donors (Lipinski definition) is 2. The number of nitrogens with two attached hydrogens (primary N) is 1. The van der Waals surface area contributed by atoms with Gasteiger partial charge in [0, 0.05) is 17.3 Å². The molecule has 3 nitrogen and oxygen atoms in total. The largest absolute Gasteiger partial charge is 0.398 e. The predicted octanol–water partition coefficient (Wildman–Crippen LogP) is 2.31. The average molecular weight is 227 g/mol. The highest BCUT2D eigenvalue weighted by Crippen LogP contribution is 2.17. The van der Waals surface area contributed by atoms with E-state index in [0.717, 1.165) is 0 Å². The first kappa shape index (κ1) is 11.9. The van der Waals surface area contributed by atoms with E-state index in [1.54, 1.807) is 18.2 Å². The molecule has 0 saturated heterocycles. The van der Waals surface area contributed by atoms with Gasteiger partial charge in [0.1, 0.15) is 0 Å². The highest BCUT2D eigenvalue weighted by molar-refractivity contribution is 6.31.